The van der Waals surface area contributed by atoms with E-state index >= 15 is 0 Å². The normalized spacial score (nSPS) is 23.8. The maximum absolute atomic E-state index is 6.50. The fourth-order valence-electron chi connectivity index (χ4n) is 2.41. The van der Waals surface area contributed by atoms with Crippen molar-refractivity contribution in [1.82, 2.24) is 4.90 Å². The van der Waals surface area contributed by atoms with Gasteiger partial charge in [-0.2, -0.15) is 0 Å². The van der Waals surface area contributed by atoms with E-state index in [4.69, 9.17) is 10.5 Å². The Labute approximate surface area is 153 Å². The van der Waals surface area contributed by atoms with Gasteiger partial charge in [-0.05, 0) is 36.1 Å². The summed E-state index contributed by atoms with van der Waals surface area (Å²) in [6.45, 7) is 3.97. The molecule has 3 unspecified atom stereocenters. The Hall–Kier alpha value is -1.37. The van der Waals surface area contributed by atoms with Gasteiger partial charge in [-0.3, -0.25) is 0 Å². The molecule has 0 spiro atoms. The van der Waals surface area contributed by atoms with Crippen LogP contribution < -0.4 is 5.73 Å². The van der Waals surface area contributed by atoms with Crippen LogP contribution in [-0.2, 0) is 4.74 Å². The molecule has 6 heteroatoms. The smallest absolute Gasteiger partial charge is 0.114 e. The second-order valence-electron chi connectivity index (χ2n) is 5.84. The highest BCUT2D eigenvalue weighted by atomic mass is 32.2. The Morgan fingerprint density at radius 1 is 1.38 bits per heavy atom. The van der Waals surface area contributed by atoms with Gasteiger partial charge in [0.25, 0.3) is 0 Å². The zero-order valence-corrected chi connectivity index (χ0v) is 16.0. The number of thioether (sulfide) groups is 1. The van der Waals surface area contributed by atoms with Crippen molar-refractivity contribution in [3.05, 3.63) is 54.3 Å². The van der Waals surface area contributed by atoms with Crippen LogP contribution >= 0.6 is 23.7 Å². The molecule has 1 aromatic rings. The molecule has 0 fully saturated rings. The number of hydrogen-bond acceptors (Lipinski definition) is 5. The van der Waals surface area contributed by atoms with E-state index in [0.717, 1.165) is 12.0 Å². The molecular weight excluding hydrogens is 338 g/mol. The first-order valence-corrected chi connectivity index (χ1v) is 9.50. The predicted octanol–water partition coefficient (Wildman–Crippen LogP) is 3.57. The molecule has 1 aliphatic carbocycles. The zero-order chi connectivity index (χ0) is 17.5. The molecule has 130 valence electrons. The van der Waals surface area contributed by atoms with E-state index in [1.807, 2.05) is 43.2 Å². The Balaban J connectivity index is 2.21. The third kappa shape index (κ3) is 5.33. The lowest BCUT2D eigenvalue weighted by atomic mass is 9.93. The van der Waals surface area contributed by atoms with Crippen LogP contribution in [0.5, 0.6) is 0 Å². The monoisotopic (exact) mass is 363 g/mol. The summed E-state index contributed by atoms with van der Waals surface area (Å²) in [7, 11) is 5.56. The second kappa shape index (κ2) is 9.20. The fourth-order valence-corrected chi connectivity index (χ4v) is 4.76. The van der Waals surface area contributed by atoms with Crippen molar-refractivity contribution >= 4 is 30.0 Å². The van der Waals surface area contributed by atoms with Crippen molar-refractivity contribution < 1.29 is 4.74 Å². The number of benzene rings is 1. The Morgan fingerprint density at radius 3 is 2.71 bits per heavy atom. The van der Waals surface area contributed by atoms with Gasteiger partial charge in [-0.1, -0.05) is 30.9 Å². The standard InChI is InChI=1S/C18H25N3OS2/c1-13(22-4)14-10-16(19)18(23-15-8-6-5-7-9-15)17(11-14)24-20-12-21(2)3/h5-9,11-12,16-18H,1,10,19H2,2-4H3. The molecule has 0 radical (unpaired) electrons. The molecule has 4 nitrogen and oxygen atoms in total. The van der Waals surface area contributed by atoms with E-state index in [0.29, 0.717) is 5.76 Å². The molecule has 1 aromatic carbocycles. The van der Waals surface area contributed by atoms with Gasteiger partial charge >= 0.3 is 0 Å². The second-order valence-corrected chi connectivity index (χ2v) is 8.05. The van der Waals surface area contributed by atoms with Crippen LogP contribution in [0.25, 0.3) is 0 Å². The number of methoxy groups -OCH3 is 1. The summed E-state index contributed by atoms with van der Waals surface area (Å²) < 4.78 is 9.78. The van der Waals surface area contributed by atoms with Crippen molar-refractivity contribution in [2.45, 2.75) is 27.9 Å². The summed E-state index contributed by atoms with van der Waals surface area (Å²) >= 11 is 3.35. The Morgan fingerprint density at radius 2 is 2.08 bits per heavy atom. The van der Waals surface area contributed by atoms with Gasteiger partial charge < -0.3 is 15.4 Å². The molecule has 0 aliphatic heterocycles. The van der Waals surface area contributed by atoms with Gasteiger partial charge in [-0.25, -0.2) is 4.40 Å². The van der Waals surface area contributed by atoms with Crippen molar-refractivity contribution in [2.75, 3.05) is 21.2 Å². The molecule has 1 aliphatic rings. The molecule has 0 saturated heterocycles. The third-order valence-corrected chi connectivity index (χ3v) is 6.17. The van der Waals surface area contributed by atoms with E-state index in [1.165, 1.54) is 4.90 Å². The average Bonchev–Trinajstić information content (AvgIpc) is 2.57. The van der Waals surface area contributed by atoms with Gasteiger partial charge in [0.15, 0.2) is 0 Å². The first-order chi connectivity index (χ1) is 11.5. The van der Waals surface area contributed by atoms with E-state index in [1.54, 1.807) is 19.1 Å². The topological polar surface area (TPSA) is 50.8 Å². The van der Waals surface area contributed by atoms with Crippen LogP contribution in [0.15, 0.2) is 63.6 Å². The van der Waals surface area contributed by atoms with E-state index in [9.17, 15) is 0 Å². The zero-order valence-electron chi connectivity index (χ0n) is 14.4. The number of rotatable bonds is 7. The van der Waals surface area contributed by atoms with Crippen LogP contribution in [-0.4, -0.2) is 49.0 Å². The number of nitrogens with two attached hydrogens (primary N) is 1. The Bertz CT molecular complexity index is 602. The van der Waals surface area contributed by atoms with E-state index in [-0.39, 0.29) is 16.5 Å². The minimum absolute atomic E-state index is 0.0224. The van der Waals surface area contributed by atoms with Gasteiger partial charge in [0, 0.05) is 30.3 Å². The lowest BCUT2D eigenvalue weighted by molar-refractivity contribution is 0.297. The van der Waals surface area contributed by atoms with Gasteiger partial charge in [-0.15, -0.1) is 11.8 Å². The molecule has 0 aromatic heterocycles. The maximum atomic E-state index is 6.50. The third-order valence-electron chi connectivity index (χ3n) is 3.65. The largest absolute Gasteiger partial charge is 0.497 e. The molecule has 3 atom stereocenters. The summed E-state index contributed by atoms with van der Waals surface area (Å²) in [4.78, 5) is 3.15. The Kier molecular flexibility index (Phi) is 7.27. The molecule has 2 rings (SSSR count). The summed E-state index contributed by atoms with van der Waals surface area (Å²) in [5.74, 6) is 0.691. The summed E-state index contributed by atoms with van der Waals surface area (Å²) in [6, 6.07) is 10.4. The van der Waals surface area contributed by atoms with Crippen LogP contribution in [0, 0.1) is 0 Å². The van der Waals surface area contributed by atoms with Crippen LogP contribution in [0.3, 0.4) is 0 Å². The summed E-state index contributed by atoms with van der Waals surface area (Å²) in [5, 5.41) is 0.405. The predicted molar refractivity (Wildman–Crippen MR) is 106 cm³/mol. The number of hydrogen-bond donors (Lipinski definition) is 1. The summed E-state index contributed by atoms with van der Waals surface area (Å²) in [5.41, 5.74) is 7.57. The van der Waals surface area contributed by atoms with Crippen molar-refractivity contribution in [1.29, 1.82) is 0 Å². The molecule has 0 saturated carbocycles. The minimum atomic E-state index is 0.0224. The highest BCUT2D eigenvalue weighted by Crippen LogP contribution is 2.39. The molecule has 24 heavy (non-hydrogen) atoms. The van der Waals surface area contributed by atoms with Crippen LogP contribution in [0.2, 0.25) is 0 Å². The first kappa shape index (κ1) is 19.0. The fraction of sp³-hybridized carbons (Fsp3) is 0.389. The van der Waals surface area contributed by atoms with Gasteiger partial charge in [0.1, 0.15) is 5.76 Å². The van der Waals surface area contributed by atoms with Crippen LogP contribution in [0.1, 0.15) is 6.42 Å². The average molecular weight is 364 g/mol. The number of allylic oxidation sites excluding steroid dienone is 1. The first-order valence-electron chi connectivity index (χ1n) is 7.78. The van der Waals surface area contributed by atoms with Crippen molar-refractivity contribution in [3.8, 4) is 0 Å². The van der Waals surface area contributed by atoms with E-state index < -0.39 is 0 Å². The molecule has 2 N–H and O–H groups in total. The number of nitrogens with zero attached hydrogens (tertiary/aromatic N) is 2. The lowest BCUT2D eigenvalue weighted by Crippen LogP contribution is -2.42. The van der Waals surface area contributed by atoms with Crippen molar-refractivity contribution in [3.63, 3.8) is 0 Å². The van der Waals surface area contributed by atoms with Crippen molar-refractivity contribution in [2.24, 2.45) is 10.1 Å². The SMILES string of the molecule is C=C(OC)C1=CC(SN=CN(C)C)C(Sc2ccccc2)C(N)C1. The molecule has 0 heterocycles. The minimum Gasteiger partial charge on any atom is -0.497 e. The van der Waals surface area contributed by atoms with Crippen LogP contribution in [0.4, 0.5) is 0 Å². The highest BCUT2D eigenvalue weighted by molar-refractivity contribution is 8.03. The molecular formula is C18H25N3OS2. The maximum Gasteiger partial charge on any atom is 0.114 e. The quantitative estimate of drug-likeness (QED) is 0.347. The van der Waals surface area contributed by atoms with Gasteiger partial charge in [0.2, 0.25) is 0 Å². The van der Waals surface area contributed by atoms with Gasteiger partial charge in [0.05, 0.1) is 18.7 Å². The van der Waals surface area contributed by atoms with E-state index in [2.05, 4.69) is 41.3 Å². The number of ether oxygens (including phenoxy) is 1. The molecule has 0 amide bonds. The lowest BCUT2D eigenvalue weighted by Gasteiger charge is -2.33. The summed E-state index contributed by atoms with van der Waals surface area (Å²) in [6.07, 6.45) is 4.78. The highest BCUT2D eigenvalue weighted by Gasteiger charge is 2.33. The molecule has 0 bridgehead atoms.